The van der Waals surface area contributed by atoms with Crippen molar-refractivity contribution >= 4 is 15.9 Å². The van der Waals surface area contributed by atoms with Crippen LogP contribution in [-0.2, 0) is 0 Å². The largest absolute Gasteiger partial charge is 0.494 e. The lowest BCUT2D eigenvalue weighted by Gasteiger charge is -2.04. The second-order valence-electron chi connectivity index (χ2n) is 3.25. The molecular formula is C11H5BrF2N2O2. The van der Waals surface area contributed by atoms with Crippen molar-refractivity contribution in [3.63, 3.8) is 0 Å². The summed E-state index contributed by atoms with van der Waals surface area (Å²) in [6, 6.07) is 3.56. The molecule has 1 aromatic carbocycles. The van der Waals surface area contributed by atoms with Gasteiger partial charge in [-0.3, -0.25) is 0 Å². The predicted octanol–water partition coefficient (Wildman–Crippen LogP) is 3.26. The fourth-order valence-corrected chi connectivity index (χ4v) is 1.82. The third-order valence-electron chi connectivity index (χ3n) is 2.23. The molecule has 0 aliphatic carbocycles. The molecule has 2 rings (SSSR count). The molecule has 0 saturated carbocycles. The Labute approximate surface area is 109 Å². The molecule has 0 amide bonds. The van der Waals surface area contributed by atoms with E-state index < -0.39 is 11.6 Å². The summed E-state index contributed by atoms with van der Waals surface area (Å²) in [5.41, 5.74) is -0.185. The highest BCUT2D eigenvalue weighted by Gasteiger charge is 2.20. The van der Waals surface area contributed by atoms with Gasteiger partial charge in [0.25, 0.3) is 0 Å². The molecule has 92 valence electrons. The molecule has 0 aliphatic rings. The van der Waals surface area contributed by atoms with Crippen LogP contribution in [0.1, 0.15) is 5.69 Å². The van der Waals surface area contributed by atoms with Crippen LogP contribution >= 0.6 is 15.9 Å². The summed E-state index contributed by atoms with van der Waals surface area (Å²) in [4.78, 5) is 0. The van der Waals surface area contributed by atoms with E-state index in [-0.39, 0.29) is 27.2 Å². The SMILES string of the molecule is COc1cc(F)c(-c2onc(C#N)c2Br)cc1F. The smallest absolute Gasteiger partial charge is 0.198 e. The summed E-state index contributed by atoms with van der Waals surface area (Å²) in [7, 11) is 1.23. The van der Waals surface area contributed by atoms with Crippen molar-refractivity contribution in [2.45, 2.75) is 0 Å². The first-order chi connectivity index (χ1) is 8.58. The van der Waals surface area contributed by atoms with Gasteiger partial charge in [0.1, 0.15) is 16.4 Å². The van der Waals surface area contributed by atoms with Gasteiger partial charge in [0.2, 0.25) is 0 Å². The maximum absolute atomic E-state index is 13.8. The van der Waals surface area contributed by atoms with Gasteiger partial charge in [-0.15, -0.1) is 0 Å². The van der Waals surface area contributed by atoms with Crippen molar-refractivity contribution < 1.29 is 18.0 Å². The van der Waals surface area contributed by atoms with Crippen molar-refractivity contribution in [3.8, 4) is 23.1 Å². The molecule has 0 aliphatic heterocycles. The molecule has 0 N–H and O–H groups in total. The highest BCUT2D eigenvalue weighted by Crippen LogP contribution is 2.35. The van der Waals surface area contributed by atoms with Crippen LogP contribution in [0.2, 0.25) is 0 Å². The van der Waals surface area contributed by atoms with Gasteiger partial charge in [0, 0.05) is 6.07 Å². The van der Waals surface area contributed by atoms with Crippen molar-refractivity contribution in [3.05, 3.63) is 33.9 Å². The van der Waals surface area contributed by atoms with Gasteiger partial charge in [-0.25, -0.2) is 8.78 Å². The quantitative estimate of drug-likeness (QED) is 0.853. The van der Waals surface area contributed by atoms with Crippen LogP contribution in [0.15, 0.2) is 21.1 Å². The molecule has 0 radical (unpaired) electrons. The molecule has 1 aromatic heterocycles. The number of benzene rings is 1. The predicted molar refractivity (Wildman–Crippen MR) is 60.8 cm³/mol. The Morgan fingerprint density at radius 3 is 2.67 bits per heavy atom. The third kappa shape index (κ3) is 1.95. The van der Waals surface area contributed by atoms with Crippen LogP contribution in [0.3, 0.4) is 0 Å². The van der Waals surface area contributed by atoms with Gasteiger partial charge < -0.3 is 9.26 Å². The van der Waals surface area contributed by atoms with E-state index in [1.807, 2.05) is 0 Å². The molecule has 0 unspecified atom stereocenters. The van der Waals surface area contributed by atoms with E-state index in [2.05, 4.69) is 25.8 Å². The van der Waals surface area contributed by atoms with Gasteiger partial charge >= 0.3 is 0 Å². The second kappa shape index (κ2) is 4.74. The first-order valence-corrected chi connectivity index (χ1v) is 5.46. The Hall–Kier alpha value is -1.94. The monoisotopic (exact) mass is 314 g/mol. The summed E-state index contributed by atoms with van der Waals surface area (Å²) in [5.74, 6) is -1.75. The number of methoxy groups -OCH3 is 1. The van der Waals surface area contributed by atoms with Crippen LogP contribution in [0, 0.1) is 23.0 Å². The van der Waals surface area contributed by atoms with Crippen molar-refractivity contribution in [1.82, 2.24) is 5.16 Å². The van der Waals surface area contributed by atoms with Crippen LogP contribution in [-0.4, -0.2) is 12.3 Å². The molecule has 0 fully saturated rings. The van der Waals surface area contributed by atoms with Crippen LogP contribution in [0.25, 0.3) is 11.3 Å². The third-order valence-corrected chi connectivity index (χ3v) is 2.96. The van der Waals surface area contributed by atoms with Crippen LogP contribution in [0.4, 0.5) is 8.78 Å². The van der Waals surface area contributed by atoms with E-state index in [0.29, 0.717) is 0 Å². The summed E-state index contributed by atoms with van der Waals surface area (Å²) in [5, 5.41) is 12.1. The zero-order valence-electron chi connectivity index (χ0n) is 9.00. The Balaban J connectivity index is 2.61. The molecule has 18 heavy (non-hydrogen) atoms. The molecule has 7 heteroatoms. The van der Waals surface area contributed by atoms with E-state index >= 15 is 0 Å². The normalized spacial score (nSPS) is 10.2. The number of aromatic nitrogens is 1. The lowest BCUT2D eigenvalue weighted by molar-refractivity contribution is 0.382. The summed E-state index contributed by atoms with van der Waals surface area (Å²) < 4.78 is 36.9. The Morgan fingerprint density at radius 2 is 2.11 bits per heavy atom. The molecule has 1 heterocycles. The highest BCUT2D eigenvalue weighted by atomic mass is 79.9. The Kier molecular flexibility index (Phi) is 3.30. The van der Waals surface area contributed by atoms with Gasteiger partial charge in [-0.1, -0.05) is 5.16 Å². The van der Waals surface area contributed by atoms with E-state index in [4.69, 9.17) is 9.78 Å². The molecule has 2 aromatic rings. The zero-order chi connectivity index (χ0) is 13.3. The lowest BCUT2D eigenvalue weighted by atomic mass is 10.1. The van der Waals surface area contributed by atoms with E-state index in [1.165, 1.54) is 7.11 Å². The van der Waals surface area contributed by atoms with Crippen molar-refractivity contribution in [2.75, 3.05) is 7.11 Å². The number of nitrogens with zero attached hydrogens (tertiary/aromatic N) is 2. The zero-order valence-corrected chi connectivity index (χ0v) is 10.6. The second-order valence-corrected chi connectivity index (χ2v) is 4.05. The van der Waals surface area contributed by atoms with E-state index in [9.17, 15) is 8.78 Å². The maximum Gasteiger partial charge on any atom is 0.198 e. The number of ether oxygens (including phenoxy) is 1. The summed E-state index contributed by atoms with van der Waals surface area (Å²) in [6.45, 7) is 0. The summed E-state index contributed by atoms with van der Waals surface area (Å²) >= 11 is 3.04. The lowest BCUT2D eigenvalue weighted by Crippen LogP contribution is -1.92. The molecule has 0 atom stereocenters. The van der Waals surface area contributed by atoms with E-state index in [0.717, 1.165) is 12.1 Å². The Morgan fingerprint density at radius 1 is 1.39 bits per heavy atom. The van der Waals surface area contributed by atoms with Crippen LogP contribution in [0.5, 0.6) is 5.75 Å². The molecular weight excluding hydrogens is 310 g/mol. The first kappa shape index (κ1) is 12.5. The molecule has 4 nitrogen and oxygen atoms in total. The van der Waals surface area contributed by atoms with Crippen molar-refractivity contribution in [1.29, 1.82) is 5.26 Å². The number of hydrogen-bond donors (Lipinski definition) is 0. The van der Waals surface area contributed by atoms with Gasteiger partial charge in [0.05, 0.1) is 12.7 Å². The number of nitriles is 1. The minimum absolute atomic E-state index is 0.0411. The first-order valence-electron chi connectivity index (χ1n) is 4.67. The fraction of sp³-hybridized carbons (Fsp3) is 0.0909. The minimum Gasteiger partial charge on any atom is -0.494 e. The molecule has 0 bridgehead atoms. The summed E-state index contributed by atoms with van der Waals surface area (Å²) in [6.07, 6.45) is 0. The maximum atomic E-state index is 13.8. The Bertz CT molecular complexity index is 649. The van der Waals surface area contributed by atoms with E-state index in [1.54, 1.807) is 6.07 Å². The number of halogens is 3. The molecule has 0 saturated heterocycles. The fourth-order valence-electron chi connectivity index (χ4n) is 1.37. The number of hydrogen-bond acceptors (Lipinski definition) is 4. The number of rotatable bonds is 2. The topological polar surface area (TPSA) is 59.1 Å². The van der Waals surface area contributed by atoms with Crippen molar-refractivity contribution in [2.24, 2.45) is 0 Å². The minimum atomic E-state index is -0.741. The molecule has 0 spiro atoms. The standard InChI is InChI=1S/C11H5BrF2N2O2/c1-17-9-3-6(13)5(2-7(9)14)11-10(12)8(4-15)16-18-11/h2-3H,1H3. The van der Waals surface area contributed by atoms with Gasteiger partial charge in [-0.2, -0.15) is 5.26 Å². The van der Waals surface area contributed by atoms with Gasteiger partial charge in [-0.05, 0) is 22.0 Å². The highest BCUT2D eigenvalue weighted by molar-refractivity contribution is 9.10. The average Bonchev–Trinajstić information content (AvgIpc) is 2.72. The average molecular weight is 315 g/mol. The van der Waals surface area contributed by atoms with Crippen LogP contribution < -0.4 is 4.74 Å². The van der Waals surface area contributed by atoms with Gasteiger partial charge in [0.15, 0.2) is 23.0 Å².